The monoisotopic (exact) mass is 237 g/mol. The molecule has 0 aromatic heterocycles. The molecule has 0 fully saturated rings. The zero-order valence-electron chi connectivity index (χ0n) is 9.08. The molecule has 0 heterocycles. The molecule has 16 heavy (non-hydrogen) atoms. The number of aliphatic hydroxyl groups is 5. The van der Waals surface area contributed by atoms with Crippen LogP contribution in [0.1, 0.15) is 13.3 Å². The van der Waals surface area contributed by atoms with Crippen molar-refractivity contribution in [1.82, 2.24) is 5.32 Å². The minimum atomic E-state index is -1.85. The SMILES string of the molecule is CCCNC(=O)[C@H](O)[C@H](O)[C@@H](O)[C@H](O)CO. The quantitative estimate of drug-likeness (QED) is 0.279. The van der Waals surface area contributed by atoms with E-state index in [0.29, 0.717) is 13.0 Å². The van der Waals surface area contributed by atoms with Gasteiger partial charge in [0.25, 0.3) is 5.91 Å². The van der Waals surface area contributed by atoms with Crippen LogP contribution in [0.2, 0.25) is 0 Å². The van der Waals surface area contributed by atoms with Crippen molar-refractivity contribution in [1.29, 1.82) is 0 Å². The van der Waals surface area contributed by atoms with Crippen LogP contribution in [0.5, 0.6) is 0 Å². The summed E-state index contributed by atoms with van der Waals surface area (Å²) >= 11 is 0. The van der Waals surface area contributed by atoms with Crippen molar-refractivity contribution in [2.75, 3.05) is 13.2 Å². The predicted molar refractivity (Wildman–Crippen MR) is 54.4 cm³/mol. The van der Waals surface area contributed by atoms with Gasteiger partial charge in [0, 0.05) is 6.54 Å². The van der Waals surface area contributed by atoms with Crippen LogP contribution in [-0.4, -0.2) is 69.0 Å². The third kappa shape index (κ3) is 4.42. The number of aliphatic hydroxyl groups excluding tert-OH is 5. The largest absolute Gasteiger partial charge is 0.394 e. The van der Waals surface area contributed by atoms with Gasteiger partial charge in [-0.2, -0.15) is 0 Å². The van der Waals surface area contributed by atoms with Crippen LogP contribution in [0, 0.1) is 0 Å². The number of rotatable bonds is 7. The summed E-state index contributed by atoms with van der Waals surface area (Å²) in [4.78, 5) is 11.2. The first-order chi connectivity index (χ1) is 7.45. The molecule has 0 aliphatic heterocycles. The van der Waals surface area contributed by atoms with Gasteiger partial charge >= 0.3 is 0 Å². The van der Waals surface area contributed by atoms with Gasteiger partial charge < -0.3 is 30.8 Å². The highest BCUT2D eigenvalue weighted by Gasteiger charge is 2.33. The summed E-state index contributed by atoms with van der Waals surface area (Å²) in [7, 11) is 0. The fourth-order valence-electron chi connectivity index (χ4n) is 1.03. The van der Waals surface area contributed by atoms with Gasteiger partial charge in [0.15, 0.2) is 6.10 Å². The number of hydrogen-bond donors (Lipinski definition) is 6. The average Bonchev–Trinajstić information content (AvgIpc) is 2.31. The smallest absolute Gasteiger partial charge is 0.251 e. The fraction of sp³-hybridized carbons (Fsp3) is 0.889. The van der Waals surface area contributed by atoms with E-state index in [2.05, 4.69) is 5.32 Å². The molecule has 0 unspecified atom stereocenters. The second kappa shape index (κ2) is 7.53. The highest BCUT2D eigenvalue weighted by molar-refractivity contribution is 5.81. The summed E-state index contributed by atoms with van der Waals surface area (Å²) in [6, 6.07) is 0. The van der Waals surface area contributed by atoms with Crippen LogP contribution < -0.4 is 5.32 Å². The Hall–Kier alpha value is -0.730. The predicted octanol–water partition coefficient (Wildman–Crippen LogP) is -3.05. The second-order valence-corrected chi connectivity index (χ2v) is 3.47. The fourth-order valence-corrected chi connectivity index (χ4v) is 1.03. The lowest BCUT2D eigenvalue weighted by molar-refractivity contribution is -0.148. The van der Waals surface area contributed by atoms with E-state index >= 15 is 0 Å². The van der Waals surface area contributed by atoms with Crippen LogP contribution in [0.25, 0.3) is 0 Å². The lowest BCUT2D eigenvalue weighted by Crippen LogP contribution is -2.51. The Morgan fingerprint density at radius 1 is 1.19 bits per heavy atom. The molecule has 0 aliphatic rings. The molecule has 0 saturated carbocycles. The summed E-state index contributed by atoms with van der Waals surface area (Å²) in [6.45, 7) is 1.37. The van der Waals surface area contributed by atoms with E-state index in [1.807, 2.05) is 6.92 Å². The van der Waals surface area contributed by atoms with E-state index in [1.54, 1.807) is 0 Å². The van der Waals surface area contributed by atoms with Crippen molar-refractivity contribution in [2.45, 2.75) is 37.8 Å². The Morgan fingerprint density at radius 2 is 1.75 bits per heavy atom. The summed E-state index contributed by atoms with van der Waals surface area (Å²) in [5.41, 5.74) is 0. The number of carbonyl (C=O) groups is 1. The van der Waals surface area contributed by atoms with Gasteiger partial charge in [0.05, 0.1) is 6.61 Å². The summed E-state index contributed by atoms with van der Waals surface area (Å²) < 4.78 is 0. The van der Waals surface area contributed by atoms with Gasteiger partial charge in [-0.1, -0.05) is 6.92 Å². The molecule has 1 amide bonds. The number of nitrogens with one attached hydrogen (secondary N) is 1. The van der Waals surface area contributed by atoms with E-state index < -0.39 is 36.9 Å². The van der Waals surface area contributed by atoms with Crippen LogP contribution in [0.4, 0.5) is 0 Å². The van der Waals surface area contributed by atoms with Crippen LogP contribution in [0.3, 0.4) is 0 Å². The van der Waals surface area contributed by atoms with Crippen molar-refractivity contribution in [3.05, 3.63) is 0 Å². The molecule has 0 saturated heterocycles. The third-order valence-electron chi connectivity index (χ3n) is 2.07. The lowest BCUT2D eigenvalue weighted by atomic mass is 10.0. The Labute approximate surface area is 93.3 Å². The van der Waals surface area contributed by atoms with Gasteiger partial charge in [0.2, 0.25) is 0 Å². The number of carbonyl (C=O) groups excluding carboxylic acids is 1. The standard InChI is InChI=1S/C9H19NO6/c1-2-3-10-9(16)8(15)7(14)6(13)5(12)4-11/h5-8,11-15H,2-4H2,1H3,(H,10,16)/t5-,6+,7-,8-/m1/s1. The molecule has 4 atom stereocenters. The average molecular weight is 237 g/mol. The van der Waals surface area contributed by atoms with Crippen molar-refractivity contribution in [2.24, 2.45) is 0 Å². The Bertz CT molecular complexity index is 212. The number of hydrogen-bond acceptors (Lipinski definition) is 6. The maximum absolute atomic E-state index is 11.2. The Kier molecular flexibility index (Phi) is 7.18. The van der Waals surface area contributed by atoms with Crippen molar-refractivity contribution >= 4 is 5.91 Å². The molecule has 7 nitrogen and oxygen atoms in total. The highest BCUT2D eigenvalue weighted by Crippen LogP contribution is 2.05. The van der Waals surface area contributed by atoms with Gasteiger partial charge in [-0.05, 0) is 6.42 Å². The molecule has 0 bridgehead atoms. The molecular formula is C9H19NO6. The van der Waals surface area contributed by atoms with Crippen molar-refractivity contribution < 1.29 is 30.3 Å². The lowest BCUT2D eigenvalue weighted by Gasteiger charge is -2.24. The molecule has 0 spiro atoms. The van der Waals surface area contributed by atoms with Gasteiger partial charge in [-0.25, -0.2) is 0 Å². The van der Waals surface area contributed by atoms with E-state index in [9.17, 15) is 20.1 Å². The zero-order chi connectivity index (χ0) is 12.7. The van der Waals surface area contributed by atoms with Crippen molar-refractivity contribution in [3.63, 3.8) is 0 Å². The molecule has 0 aromatic rings. The van der Waals surface area contributed by atoms with Gasteiger partial charge in [-0.15, -0.1) is 0 Å². The third-order valence-corrected chi connectivity index (χ3v) is 2.07. The maximum Gasteiger partial charge on any atom is 0.251 e. The maximum atomic E-state index is 11.2. The topological polar surface area (TPSA) is 130 Å². The molecular weight excluding hydrogens is 218 g/mol. The van der Waals surface area contributed by atoms with Crippen LogP contribution >= 0.6 is 0 Å². The molecule has 96 valence electrons. The van der Waals surface area contributed by atoms with Gasteiger partial charge in [-0.3, -0.25) is 4.79 Å². The molecule has 0 rings (SSSR count). The summed E-state index contributed by atoms with van der Waals surface area (Å²) in [5, 5.41) is 47.7. The van der Waals surface area contributed by atoms with E-state index in [0.717, 1.165) is 0 Å². The Balaban J connectivity index is 4.25. The second-order valence-electron chi connectivity index (χ2n) is 3.47. The highest BCUT2D eigenvalue weighted by atomic mass is 16.4. The van der Waals surface area contributed by atoms with E-state index in [1.165, 1.54) is 0 Å². The molecule has 0 radical (unpaired) electrons. The van der Waals surface area contributed by atoms with E-state index in [-0.39, 0.29) is 0 Å². The first-order valence-corrected chi connectivity index (χ1v) is 5.06. The number of amides is 1. The normalized spacial score (nSPS) is 18.6. The molecule has 6 N–H and O–H groups in total. The molecule has 0 aliphatic carbocycles. The van der Waals surface area contributed by atoms with Crippen LogP contribution in [0.15, 0.2) is 0 Å². The zero-order valence-corrected chi connectivity index (χ0v) is 9.08. The minimum absolute atomic E-state index is 0.335. The Morgan fingerprint density at radius 3 is 2.19 bits per heavy atom. The first kappa shape index (κ1) is 15.3. The summed E-state index contributed by atoms with van der Waals surface area (Å²) in [6.07, 6.45) is -6.42. The van der Waals surface area contributed by atoms with Gasteiger partial charge in [0.1, 0.15) is 18.3 Å². The van der Waals surface area contributed by atoms with Crippen molar-refractivity contribution in [3.8, 4) is 0 Å². The van der Waals surface area contributed by atoms with E-state index in [4.69, 9.17) is 10.2 Å². The molecule has 0 aromatic carbocycles. The summed E-state index contributed by atoms with van der Waals surface area (Å²) in [5.74, 6) is -0.835. The first-order valence-electron chi connectivity index (χ1n) is 5.06. The minimum Gasteiger partial charge on any atom is -0.394 e. The molecule has 7 heteroatoms. The van der Waals surface area contributed by atoms with Crippen LogP contribution in [-0.2, 0) is 4.79 Å².